The molecule has 0 amide bonds. The van der Waals surface area contributed by atoms with Crippen LogP contribution in [0.4, 0.5) is 0 Å². The molecule has 2 aromatic heterocycles. The van der Waals surface area contributed by atoms with Crippen molar-refractivity contribution in [1.82, 2.24) is 9.78 Å². The molecule has 1 atom stereocenters. The van der Waals surface area contributed by atoms with E-state index in [4.69, 9.17) is 0 Å². The molecule has 2 aromatic rings. The van der Waals surface area contributed by atoms with Gasteiger partial charge in [-0.15, -0.1) is 11.3 Å². The normalized spacial score (nSPS) is 13.9. The van der Waals surface area contributed by atoms with Crippen LogP contribution in [-0.2, 0) is 12.5 Å². The smallest absolute Gasteiger partial charge is 0.108 e. The zero-order valence-corrected chi connectivity index (χ0v) is 12.4. The van der Waals surface area contributed by atoms with E-state index in [0.717, 1.165) is 21.7 Å². The SMILES string of the molecule is Cc1sccc1C(O)c1cn(C)nc1C(C)(C)C. The van der Waals surface area contributed by atoms with Gasteiger partial charge in [0, 0.05) is 29.1 Å². The Morgan fingerprint density at radius 2 is 2.00 bits per heavy atom. The largest absolute Gasteiger partial charge is 0.383 e. The van der Waals surface area contributed by atoms with Gasteiger partial charge in [0.05, 0.1) is 5.69 Å². The van der Waals surface area contributed by atoms with E-state index in [2.05, 4.69) is 25.9 Å². The Kier molecular flexibility index (Phi) is 3.34. The number of rotatable bonds is 2. The summed E-state index contributed by atoms with van der Waals surface area (Å²) < 4.78 is 1.78. The maximum absolute atomic E-state index is 10.6. The first kappa shape index (κ1) is 13.3. The van der Waals surface area contributed by atoms with E-state index in [0.29, 0.717) is 0 Å². The van der Waals surface area contributed by atoms with Gasteiger partial charge in [0.1, 0.15) is 6.10 Å². The fraction of sp³-hybridized carbons (Fsp3) is 0.500. The Bertz CT molecular complexity index is 548. The average molecular weight is 264 g/mol. The summed E-state index contributed by atoms with van der Waals surface area (Å²) in [4.78, 5) is 1.16. The molecule has 18 heavy (non-hydrogen) atoms. The van der Waals surface area contributed by atoms with Gasteiger partial charge in [-0.2, -0.15) is 5.10 Å². The first-order valence-electron chi connectivity index (χ1n) is 6.07. The van der Waals surface area contributed by atoms with Crippen LogP contribution < -0.4 is 0 Å². The number of aryl methyl sites for hydroxylation is 2. The molecule has 2 heterocycles. The molecule has 2 rings (SSSR count). The van der Waals surface area contributed by atoms with Gasteiger partial charge in [0.25, 0.3) is 0 Å². The molecule has 3 nitrogen and oxygen atoms in total. The zero-order chi connectivity index (χ0) is 13.5. The van der Waals surface area contributed by atoms with Gasteiger partial charge in [-0.1, -0.05) is 20.8 Å². The van der Waals surface area contributed by atoms with E-state index in [9.17, 15) is 5.11 Å². The Labute approximate surface area is 112 Å². The standard InChI is InChI=1S/C14H20N2OS/c1-9-10(6-7-18-9)12(17)11-8-16(5)15-13(11)14(2,3)4/h6-8,12,17H,1-5H3. The summed E-state index contributed by atoms with van der Waals surface area (Å²) in [7, 11) is 1.89. The number of aliphatic hydroxyl groups excluding tert-OH is 1. The van der Waals surface area contributed by atoms with Crippen LogP contribution in [0.5, 0.6) is 0 Å². The van der Waals surface area contributed by atoms with Gasteiger partial charge in [-0.25, -0.2) is 0 Å². The highest BCUT2D eigenvalue weighted by Crippen LogP contribution is 2.34. The van der Waals surface area contributed by atoms with Crippen LogP contribution >= 0.6 is 11.3 Å². The highest BCUT2D eigenvalue weighted by Gasteiger charge is 2.27. The molecule has 0 saturated carbocycles. The Hall–Kier alpha value is -1.13. The second-order valence-corrected chi connectivity index (χ2v) is 6.81. The minimum absolute atomic E-state index is 0.0680. The summed E-state index contributed by atoms with van der Waals surface area (Å²) in [5.74, 6) is 0. The number of aliphatic hydroxyl groups is 1. The highest BCUT2D eigenvalue weighted by atomic mass is 32.1. The van der Waals surface area contributed by atoms with Crippen LogP contribution in [0.25, 0.3) is 0 Å². The van der Waals surface area contributed by atoms with Crippen molar-refractivity contribution in [1.29, 1.82) is 0 Å². The molecule has 0 radical (unpaired) electrons. The number of thiophene rings is 1. The molecule has 0 fully saturated rings. The van der Waals surface area contributed by atoms with E-state index in [1.807, 2.05) is 31.6 Å². The molecule has 1 N–H and O–H groups in total. The van der Waals surface area contributed by atoms with Crippen LogP contribution in [0.15, 0.2) is 17.6 Å². The Morgan fingerprint density at radius 1 is 1.33 bits per heavy atom. The van der Waals surface area contributed by atoms with Crippen molar-refractivity contribution in [2.24, 2.45) is 7.05 Å². The van der Waals surface area contributed by atoms with Crippen molar-refractivity contribution in [3.63, 3.8) is 0 Å². The molecule has 0 saturated heterocycles. The lowest BCUT2D eigenvalue weighted by molar-refractivity contribution is 0.217. The van der Waals surface area contributed by atoms with Crippen molar-refractivity contribution in [3.8, 4) is 0 Å². The number of hydrogen-bond acceptors (Lipinski definition) is 3. The number of nitrogens with zero attached hydrogens (tertiary/aromatic N) is 2. The highest BCUT2D eigenvalue weighted by molar-refractivity contribution is 7.10. The summed E-state index contributed by atoms with van der Waals surface area (Å²) >= 11 is 1.66. The predicted octanol–water partition coefficient (Wildman–Crippen LogP) is 3.17. The van der Waals surface area contributed by atoms with Crippen molar-refractivity contribution in [2.45, 2.75) is 39.2 Å². The van der Waals surface area contributed by atoms with E-state index in [1.165, 1.54) is 0 Å². The van der Waals surface area contributed by atoms with E-state index >= 15 is 0 Å². The molecule has 0 spiro atoms. The summed E-state index contributed by atoms with van der Waals surface area (Å²) in [5, 5.41) is 17.1. The molecule has 0 aliphatic heterocycles. The van der Waals surface area contributed by atoms with Crippen LogP contribution in [0.3, 0.4) is 0 Å². The van der Waals surface area contributed by atoms with E-state index in [-0.39, 0.29) is 5.41 Å². The second kappa shape index (κ2) is 4.52. The lowest BCUT2D eigenvalue weighted by atomic mass is 9.87. The molecule has 98 valence electrons. The van der Waals surface area contributed by atoms with Gasteiger partial charge in [-0.3, -0.25) is 4.68 Å². The summed E-state index contributed by atoms with van der Waals surface area (Å²) in [6, 6.07) is 1.99. The summed E-state index contributed by atoms with van der Waals surface area (Å²) in [6.45, 7) is 8.39. The molecule has 4 heteroatoms. The molecule has 1 unspecified atom stereocenters. The molecular weight excluding hydrogens is 244 g/mol. The van der Waals surface area contributed by atoms with Crippen LogP contribution in [0.2, 0.25) is 0 Å². The minimum atomic E-state index is -0.584. The molecular formula is C14H20N2OS. The zero-order valence-electron chi connectivity index (χ0n) is 11.6. The third-order valence-electron chi connectivity index (χ3n) is 3.06. The number of hydrogen-bond donors (Lipinski definition) is 1. The Balaban J connectivity index is 2.49. The van der Waals surface area contributed by atoms with Crippen molar-refractivity contribution >= 4 is 11.3 Å². The lowest BCUT2D eigenvalue weighted by Gasteiger charge is -2.20. The third kappa shape index (κ3) is 2.35. The summed E-state index contributed by atoms with van der Waals surface area (Å²) in [5.41, 5.74) is 2.79. The maximum atomic E-state index is 10.6. The minimum Gasteiger partial charge on any atom is -0.383 e. The lowest BCUT2D eigenvalue weighted by Crippen LogP contribution is -2.16. The molecule has 0 aromatic carbocycles. The molecule has 0 aliphatic rings. The molecule has 0 bridgehead atoms. The van der Waals surface area contributed by atoms with Crippen LogP contribution in [0.1, 0.15) is 48.6 Å². The fourth-order valence-corrected chi connectivity index (χ4v) is 2.87. The quantitative estimate of drug-likeness (QED) is 0.904. The van der Waals surface area contributed by atoms with Crippen molar-refractivity contribution in [2.75, 3.05) is 0 Å². The predicted molar refractivity (Wildman–Crippen MR) is 75.0 cm³/mol. The van der Waals surface area contributed by atoms with E-state index < -0.39 is 6.10 Å². The first-order valence-corrected chi connectivity index (χ1v) is 6.94. The Morgan fingerprint density at radius 3 is 2.50 bits per heavy atom. The monoisotopic (exact) mass is 264 g/mol. The fourth-order valence-electron chi connectivity index (χ4n) is 2.14. The number of aromatic nitrogens is 2. The first-order chi connectivity index (χ1) is 8.30. The third-order valence-corrected chi connectivity index (χ3v) is 3.92. The van der Waals surface area contributed by atoms with Gasteiger partial charge < -0.3 is 5.11 Å². The van der Waals surface area contributed by atoms with Gasteiger partial charge in [-0.05, 0) is 23.9 Å². The molecule has 0 aliphatic carbocycles. The van der Waals surface area contributed by atoms with Crippen molar-refractivity contribution in [3.05, 3.63) is 39.3 Å². The topological polar surface area (TPSA) is 38.0 Å². The van der Waals surface area contributed by atoms with Gasteiger partial charge in [0.2, 0.25) is 0 Å². The van der Waals surface area contributed by atoms with Gasteiger partial charge in [0.15, 0.2) is 0 Å². The van der Waals surface area contributed by atoms with Gasteiger partial charge >= 0.3 is 0 Å². The second-order valence-electron chi connectivity index (χ2n) is 5.69. The van der Waals surface area contributed by atoms with Crippen LogP contribution in [-0.4, -0.2) is 14.9 Å². The van der Waals surface area contributed by atoms with Crippen LogP contribution in [0, 0.1) is 6.92 Å². The average Bonchev–Trinajstić information content (AvgIpc) is 2.82. The maximum Gasteiger partial charge on any atom is 0.108 e. The van der Waals surface area contributed by atoms with Crippen molar-refractivity contribution < 1.29 is 5.11 Å². The summed E-state index contributed by atoms with van der Waals surface area (Å²) in [6.07, 6.45) is 1.33. The van der Waals surface area contributed by atoms with E-state index in [1.54, 1.807) is 16.0 Å².